The smallest absolute Gasteiger partial charge is 0.345 e. The molecule has 0 saturated carbocycles. The third kappa shape index (κ3) is 7.23. The topological polar surface area (TPSA) is 64.7 Å². The number of halogens is 3. The van der Waals surface area contributed by atoms with Gasteiger partial charge in [-0.1, -0.05) is 38.1 Å². The van der Waals surface area contributed by atoms with Crippen molar-refractivity contribution in [1.82, 2.24) is 20.4 Å². The number of nitrogens with one attached hydrogen (secondary N) is 2. The van der Waals surface area contributed by atoms with Crippen molar-refractivity contribution in [1.29, 1.82) is 0 Å². The van der Waals surface area contributed by atoms with Crippen molar-refractivity contribution < 1.29 is 22.8 Å². The number of amides is 3. The number of urea groups is 1. The zero-order valence-electron chi connectivity index (χ0n) is 16.9. The standard InChI is InChI=1S/C20H29F3N4O2/c1-3-26(4-2)13-16-9-7-15(8-10-16)12-24-19(29)27-11-5-6-17(27)18(28)25-14-20(21,22)23/h7-10,17H,3-6,11-14H2,1-2H3,(H,24,29)(H,25,28). The first kappa shape index (κ1) is 23.0. The van der Waals surface area contributed by atoms with Gasteiger partial charge in [0.15, 0.2) is 0 Å². The fourth-order valence-electron chi connectivity index (χ4n) is 3.33. The molecule has 1 aromatic carbocycles. The van der Waals surface area contributed by atoms with Crippen molar-refractivity contribution in [2.45, 2.75) is 52.0 Å². The van der Waals surface area contributed by atoms with Crippen LogP contribution < -0.4 is 10.6 Å². The molecule has 0 spiro atoms. The van der Waals surface area contributed by atoms with Crippen LogP contribution in [0.15, 0.2) is 24.3 Å². The first-order valence-electron chi connectivity index (χ1n) is 9.92. The molecule has 1 unspecified atom stereocenters. The number of carbonyl (C=O) groups excluding carboxylic acids is 2. The van der Waals surface area contributed by atoms with Crippen molar-refractivity contribution in [3.8, 4) is 0 Å². The lowest BCUT2D eigenvalue weighted by Crippen LogP contribution is -2.50. The third-order valence-electron chi connectivity index (χ3n) is 5.05. The Kier molecular flexibility index (Phi) is 8.31. The van der Waals surface area contributed by atoms with Crippen molar-refractivity contribution in [3.05, 3.63) is 35.4 Å². The summed E-state index contributed by atoms with van der Waals surface area (Å²) in [5.74, 6) is -0.768. The summed E-state index contributed by atoms with van der Waals surface area (Å²) in [4.78, 5) is 28.1. The molecular weight excluding hydrogens is 385 g/mol. The van der Waals surface area contributed by atoms with Gasteiger partial charge in [-0.3, -0.25) is 9.69 Å². The Hall–Kier alpha value is -2.29. The Balaban J connectivity index is 1.85. The maximum absolute atomic E-state index is 12.4. The molecule has 9 heteroatoms. The van der Waals surface area contributed by atoms with Crippen LogP contribution in [0.1, 0.15) is 37.8 Å². The minimum Gasteiger partial charge on any atom is -0.345 e. The van der Waals surface area contributed by atoms with E-state index in [1.807, 2.05) is 29.6 Å². The summed E-state index contributed by atoms with van der Waals surface area (Å²) in [6, 6.07) is 6.61. The Morgan fingerprint density at radius 3 is 2.31 bits per heavy atom. The van der Waals surface area contributed by atoms with E-state index >= 15 is 0 Å². The lowest BCUT2D eigenvalue weighted by Gasteiger charge is -2.24. The summed E-state index contributed by atoms with van der Waals surface area (Å²) in [5, 5.41) is 4.62. The van der Waals surface area contributed by atoms with Crippen LogP contribution in [-0.4, -0.2) is 60.1 Å². The SMILES string of the molecule is CCN(CC)Cc1ccc(CNC(=O)N2CCCC2C(=O)NCC(F)(F)F)cc1. The quantitative estimate of drug-likeness (QED) is 0.688. The first-order valence-corrected chi connectivity index (χ1v) is 9.92. The maximum atomic E-state index is 12.4. The van der Waals surface area contributed by atoms with Gasteiger partial charge < -0.3 is 15.5 Å². The molecule has 6 nitrogen and oxygen atoms in total. The molecule has 1 aromatic rings. The molecule has 3 amide bonds. The van der Waals surface area contributed by atoms with Gasteiger partial charge in [-0.05, 0) is 37.1 Å². The average molecular weight is 414 g/mol. The van der Waals surface area contributed by atoms with Gasteiger partial charge in [0.25, 0.3) is 0 Å². The summed E-state index contributed by atoms with van der Waals surface area (Å²) in [6.07, 6.45) is -3.53. The fraction of sp³-hybridized carbons (Fsp3) is 0.600. The summed E-state index contributed by atoms with van der Waals surface area (Å²) < 4.78 is 36.9. The number of hydrogen-bond acceptors (Lipinski definition) is 3. The van der Waals surface area contributed by atoms with E-state index in [1.54, 1.807) is 0 Å². The summed E-state index contributed by atoms with van der Waals surface area (Å²) >= 11 is 0. The number of nitrogens with zero attached hydrogens (tertiary/aromatic N) is 2. The van der Waals surface area contributed by atoms with E-state index in [0.29, 0.717) is 19.4 Å². The molecule has 0 radical (unpaired) electrons. The number of rotatable bonds is 8. The van der Waals surface area contributed by atoms with Crippen LogP contribution in [-0.2, 0) is 17.9 Å². The highest BCUT2D eigenvalue weighted by atomic mass is 19.4. The van der Waals surface area contributed by atoms with Crippen molar-refractivity contribution >= 4 is 11.9 Å². The van der Waals surface area contributed by atoms with Crippen LogP contribution in [0.2, 0.25) is 0 Å². The molecule has 162 valence electrons. The highest BCUT2D eigenvalue weighted by Crippen LogP contribution is 2.19. The molecule has 0 aromatic heterocycles. The highest BCUT2D eigenvalue weighted by molar-refractivity contribution is 5.87. The van der Waals surface area contributed by atoms with E-state index in [2.05, 4.69) is 24.1 Å². The van der Waals surface area contributed by atoms with Gasteiger partial charge in [-0.25, -0.2) is 4.79 Å². The van der Waals surface area contributed by atoms with E-state index < -0.39 is 30.7 Å². The molecular formula is C20H29F3N4O2. The Morgan fingerprint density at radius 2 is 1.72 bits per heavy atom. The number of benzene rings is 1. The van der Waals surface area contributed by atoms with Crippen LogP contribution >= 0.6 is 0 Å². The van der Waals surface area contributed by atoms with Gasteiger partial charge in [-0.15, -0.1) is 0 Å². The van der Waals surface area contributed by atoms with Gasteiger partial charge in [0.05, 0.1) is 0 Å². The van der Waals surface area contributed by atoms with E-state index in [4.69, 9.17) is 0 Å². The number of likely N-dealkylation sites (tertiary alicyclic amines) is 1. The molecule has 2 N–H and O–H groups in total. The van der Waals surface area contributed by atoms with Crippen LogP contribution in [0, 0.1) is 0 Å². The zero-order valence-corrected chi connectivity index (χ0v) is 16.9. The van der Waals surface area contributed by atoms with Crippen molar-refractivity contribution in [2.75, 3.05) is 26.2 Å². The van der Waals surface area contributed by atoms with E-state index in [1.165, 1.54) is 10.5 Å². The minimum atomic E-state index is -4.47. The summed E-state index contributed by atoms with van der Waals surface area (Å²) in [6.45, 7) is 6.28. The molecule has 1 heterocycles. The second-order valence-corrected chi connectivity index (χ2v) is 7.12. The third-order valence-corrected chi connectivity index (χ3v) is 5.05. The van der Waals surface area contributed by atoms with Gasteiger partial charge >= 0.3 is 12.2 Å². The van der Waals surface area contributed by atoms with Gasteiger partial charge in [-0.2, -0.15) is 13.2 Å². The molecule has 1 aliphatic heterocycles. The molecule has 0 bridgehead atoms. The molecule has 1 saturated heterocycles. The predicted octanol–water partition coefficient (Wildman–Crippen LogP) is 2.88. The van der Waals surface area contributed by atoms with E-state index in [9.17, 15) is 22.8 Å². The Bertz CT molecular complexity index is 675. The number of hydrogen-bond donors (Lipinski definition) is 2. The second-order valence-electron chi connectivity index (χ2n) is 7.12. The Labute approximate surface area is 169 Å². The van der Waals surface area contributed by atoms with Crippen LogP contribution in [0.25, 0.3) is 0 Å². The molecule has 1 fully saturated rings. The number of alkyl halides is 3. The molecule has 0 aliphatic carbocycles. The summed E-state index contributed by atoms with van der Waals surface area (Å²) in [7, 11) is 0. The highest BCUT2D eigenvalue weighted by Gasteiger charge is 2.36. The minimum absolute atomic E-state index is 0.289. The second kappa shape index (κ2) is 10.5. The predicted molar refractivity (Wildman–Crippen MR) is 104 cm³/mol. The maximum Gasteiger partial charge on any atom is 0.405 e. The van der Waals surface area contributed by atoms with E-state index in [-0.39, 0.29) is 6.54 Å². The summed E-state index contributed by atoms with van der Waals surface area (Å²) in [5.41, 5.74) is 2.10. The van der Waals surface area contributed by atoms with Gasteiger partial charge in [0, 0.05) is 19.6 Å². The largest absolute Gasteiger partial charge is 0.405 e. The van der Waals surface area contributed by atoms with E-state index in [0.717, 1.165) is 25.2 Å². The van der Waals surface area contributed by atoms with Gasteiger partial charge in [0.1, 0.15) is 12.6 Å². The molecule has 1 atom stereocenters. The van der Waals surface area contributed by atoms with Crippen molar-refractivity contribution in [2.24, 2.45) is 0 Å². The van der Waals surface area contributed by atoms with Crippen LogP contribution in [0.3, 0.4) is 0 Å². The van der Waals surface area contributed by atoms with Crippen LogP contribution in [0.4, 0.5) is 18.0 Å². The fourth-order valence-corrected chi connectivity index (χ4v) is 3.33. The lowest BCUT2D eigenvalue weighted by atomic mass is 10.1. The normalized spacial score (nSPS) is 16.9. The van der Waals surface area contributed by atoms with Crippen molar-refractivity contribution in [3.63, 3.8) is 0 Å². The molecule has 29 heavy (non-hydrogen) atoms. The first-order chi connectivity index (χ1) is 13.7. The lowest BCUT2D eigenvalue weighted by molar-refractivity contribution is -0.140. The number of carbonyl (C=O) groups is 2. The van der Waals surface area contributed by atoms with Crippen LogP contribution in [0.5, 0.6) is 0 Å². The van der Waals surface area contributed by atoms with Gasteiger partial charge in [0.2, 0.25) is 5.91 Å². The zero-order chi connectivity index (χ0) is 21.4. The average Bonchev–Trinajstić information content (AvgIpc) is 3.18. The Morgan fingerprint density at radius 1 is 1.10 bits per heavy atom. The monoisotopic (exact) mass is 414 g/mol. The molecule has 2 rings (SSSR count). The molecule has 1 aliphatic rings.